The van der Waals surface area contributed by atoms with Crippen LogP contribution < -0.4 is 10.1 Å². The molecule has 0 bridgehead atoms. The summed E-state index contributed by atoms with van der Waals surface area (Å²) in [5, 5.41) is 4.03. The van der Waals surface area contributed by atoms with Crippen molar-refractivity contribution in [3.63, 3.8) is 0 Å². The lowest BCUT2D eigenvalue weighted by Gasteiger charge is -2.39. The minimum absolute atomic E-state index is 0.00765. The molecule has 6 heteroatoms. The van der Waals surface area contributed by atoms with Gasteiger partial charge in [-0.25, -0.2) is 0 Å². The van der Waals surface area contributed by atoms with E-state index in [0.29, 0.717) is 22.9 Å². The van der Waals surface area contributed by atoms with E-state index in [9.17, 15) is 4.79 Å². The van der Waals surface area contributed by atoms with E-state index in [2.05, 4.69) is 5.32 Å². The number of hydrogen-bond donors (Lipinski definition) is 1. The van der Waals surface area contributed by atoms with Gasteiger partial charge in [0, 0.05) is 24.4 Å². The third-order valence-corrected chi connectivity index (χ3v) is 5.28. The van der Waals surface area contributed by atoms with Crippen molar-refractivity contribution in [1.82, 2.24) is 4.90 Å². The smallest absolute Gasteiger partial charge is 0.257 e. The molecule has 0 radical (unpaired) electrons. The highest BCUT2D eigenvalue weighted by Gasteiger charge is 2.36. The number of nitrogens with one attached hydrogen (secondary N) is 1. The molecule has 0 saturated carbocycles. The van der Waals surface area contributed by atoms with E-state index in [0.717, 1.165) is 30.7 Å². The Morgan fingerprint density at radius 1 is 1.31 bits per heavy atom. The second kappa shape index (κ2) is 7.17. The van der Waals surface area contributed by atoms with Gasteiger partial charge in [-0.1, -0.05) is 23.7 Å². The molecule has 0 aromatic heterocycles. The van der Waals surface area contributed by atoms with Crippen LogP contribution in [0.25, 0.3) is 0 Å². The molecule has 2 heterocycles. The zero-order valence-corrected chi connectivity index (χ0v) is 15.3. The Labute approximate surface area is 157 Å². The summed E-state index contributed by atoms with van der Waals surface area (Å²) in [5.74, 6) is 0.679. The Bertz CT molecular complexity index is 820. The SMILES string of the molecule is COc1ccc([C@H]2Nc3ccccc3C(=O)N2C[C@@H]2CCCO2)c(Cl)c1. The Morgan fingerprint density at radius 2 is 2.15 bits per heavy atom. The Hall–Kier alpha value is -2.24. The normalized spacial score (nSPS) is 22.1. The molecule has 2 aromatic rings. The van der Waals surface area contributed by atoms with E-state index in [4.69, 9.17) is 21.1 Å². The highest BCUT2D eigenvalue weighted by Crippen LogP contribution is 2.37. The van der Waals surface area contributed by atoms with Crippen LogP contribution in [0.5, 0.6) is 5.75 Å². The predicted molar refractivity (Wildman–Crippen MR) is 101 cm³/mol. The minimum Gasteiger partial charge on any atom is -0.497 e. The molecule has 4 rings (SSSR count). The van der Waals surface area contributed by atoms with E-state index >= 15 is 0 Å². The number of halogens is 1. The topological polar surface area (TPSA) is 50.8 Å². The summed E-state index contributed by atoms with van der Waals surface area (Å²) in [4.78, 5) is 15.0. The summed E-state index contributed by atoms with van der Waals surface area (Å²) in [7, 11) is 1.60. The first-order valence-electron chi connectivity index (χ1n) is 8.79. The van der Waals surface area contributed by atoms with Crippen LogP contribution in [0, 0.1) is 0 Å². The van der Waals surface area contributed by atoms with Gasteiger partial charge >= 0.3 is 0 Å². The second-order valence-corrected chi connectivity index (χ2v) is 6.98. The second-order valence-electron chi connectivity index (χ2n) is 6.57. The molecule has 1 saturated heterocycles. The number of ether oxygens (including phenoxy) is 2. The van der Waals surface area contributed by atoms with Gasteiger partial charge in [-0.3, -0.25) is 4.79 Å². The van der Waals surface area contributed by atoms with Crippen LogP contribution in [0.2, 0.25) is 5.02 Å². The summed E-state index contributed by atoms with van der Waals surface area (Å²) in [5.41, 5.74) is 2.33. The average Bonchev–Trinajstić information content (AvgIpc) is 3.17. The summed E-state index contributed by atoms with van der Waals surface area (Å²) in [6.45, 7) is 1.29. The van der Waals surface area contributed by atoms with E-state index in [1.165, 1.54) is 0 Å². The Balaban J connectivity index is 1.73. The van der Waals surface area contributed by atoms with E-state index in [1.807, 2.05) is 41.3 Å². The van der Waals surface area contributed by atoms with Crippen molar-refractivity contribution in [3.05, 3.63) is 58.6 Å². The Kier molecular flexibility index (Phi) is 4.74. The molecule has 0 aliphatic carbocycles. The number of para-hydroxylation sites is 1. The van der Waals surface area contributed by atoms with Gasteiger partial charge in [0.05, 0.1) is 23.8 Å². The van der Waals surface area contributed by atoms with Crippen LogP contribution in [-0.4, -0.2) is 37.2 Å². The maximum absolute atomic E-state index is 13.2. The van der Waals surface area contributed by atoms with Crippen LogP contribution in [0.1, 0.15) is 34.9 Å². The zero-order valence-electron chi connectivity index (χ0n) is 14.6. The van der Waals surface area contributed by atoms with Gasteiger partial charge in [0.1, 0.15) is 11.9 Å². The monoisotopic (exact) mass is 372 g/mol. The van der Waals surface area contributed by atoms with Gasteiger partial charge in [-0.2, -0.15) is 0 Å². The molecule has 2 aliphatic heterocycles. The van der Waals surface area contributed by atoms with Gasteiger partial charge in [-0.05, 0) is 43.2 Å². The van der Waals surface area contributed by atoms with Crippen LogP contribution >= 0.6 is 11.6 Å². The molecule has 26 heavy (non-hydrogen) atoms. The molecule has 2 aromatic carbocycles. The van der Waals surface area contributed by atoms with E-state index in [-0.39, 0.29) is 18.2 Å². The quantitative estimate of drug-likeness (QED) is 0.878. The van der Waals surface area contributed by atoms with Gasteiger partial charge < -0.3 is 19.7 Å². The third kappa shape index (κ3) is 3.13. The lowest BCUT2D eigenvalue weighted by atomic mass is 10.0. The van der Waals surface area contributed by atoms with Crippen molar-refractivity contribution in [2.45, 2.75) is 25.1 Å². The molecule has 0 spiro atoms. The highest BCUT2D eigenvalue weighted by atomic mass is 35.5. The van der Waals surface area contributed by atoms with Crippen molar-refractivity contribution in [2.75, 3.05) is 25.6 Å². The lowest BCUT2D eigenvalue weighted by molar-refractivity contribution is 0.0427. The molecule has 1 N–H and O–H groups in total. The maximum Gasteiger partial charge on any atom is 0.257 e. The van der Waals surface area contributed by atoms with Crippen molar-refractivity contribution in [3.8, 4) is 5.75 Å². The third-order valence-electron chi connectivity index (χ3n) is 4.95. The van der Waals surface area contributed by atoms with E-state index in [1.54, 1.807) is 13.2 Å². The molecule has 1 fully saturated rings. The fraction of sp³-hybridized carbons (Fsp3) is 0.350. The number of benzene rings is 2. The van der Waals surface area contributed by atoms with Crippen LogP contribution in [0.15, 0.2) is 42.5 Å². The summed E-state index contributed by atoms with van der Waals surface area (Å²) < 4.78 is 11.0. The average molecular weight is 373 g/mol. The number of carbonyl (C=O) groups excluding carboxylic acids is 1. The summed E-state index contributed by atoms with van der Waals surface area (Å²) in [6.07, 6.45) is 1.71. The van der Waals surface area contributed by atoms with E-state index < -0.39 is 0 Å². The van der Waals surface area contributed by atoms with Gasteiger partial charge in [-0.15, -0.1) is 0 Å². The first-order valence-corrected chi connectivity index (χ1v) is 9.17. The van der Waals surface area contributed by atoms with Crippen LogP contribution in [0.4, 0.5) is 5.69 Å². The molecule has 0 unspecified atom stereocenters. The van der Waals surface area contributed by atoms with Crippen LogP contribution in [-0.2, 0) is 4.74 Å². The molecule has 2 aliphatic rings. The highest BCUT2D eigenvalue weighted by molar-refractivity contribution is 6.31. The number of anilines is 1. The van der Waals surface area contributed by atoms with Crippen molar-refractivity contribution >= 4 is 23.2 Å². The van der Waals surface area contributed by atoms with Crippen molar-refractivity contribution < 1.29 is 14.3 Å². The maximum atomic E-state index is 13.2. The number of amides is 1. The number of rotatable bonds is 4. The van der Waals surface area contributed by atoms with Crippen molar-refractivity contribution in [2.24, 2.45) is 0 Å². The molecule has 1 amide bonds. The fourth-order valence-corrected chi connectivity index (χ4v) is 3.86. The zero-order chi connectivity index (χ0) is 18.1. The number of fused-ring (bicyclic) bond motifs is 1. The Morgan fingerprint density at radius 3 is 2.88 bits per heavy atom. The van der Waals surface area contributed by atoms with Gasteiger partial charge in [0.2, 0.25) is 0 Å². The van der Waals surface area contributed by atoms with Crippen molar-refractivity contribution in [1.29, 1.82) is 0 Å². The minimum atomic E-state index is -0.347. The fourth-order valence-electron chi connectivity index (χ4n) is 3.59. The molecular weight excluding hydrogens is 352 g/mol. The van der Waals surface area contributed by atoms with Crippen LogP contribution in [0.3, 0.4) is 0 Å². The number of nitrogens with zero attached hydrogens (tertiary/aromatic N) is 1. The first-order chi connectivity index (χ1) is 12.7. The number of carbonyl (C=O) groups is 1. The molecular formula is C20H21ClN2O3. The molecule has 136 valence electrons. The standard InChI is InChI=1S/C20H21ClN2O3/c1-25-13-8-9-15(17(21)11-13)19-22-18-7-3-2-6-16(18)20(24)23(19)12-14-5-4-10-26-14/h2-3,6-9,11,14,19,22H,4-5,10,12H2,1H3/t14-,19-/m0/s1. The number of hydrogen-bond acceptors (Lipinski definition) is 4. The lowest BCUT2D eigenvalue weighted by Crippen LogP contribution is -2.46. The molecule has 5 nitrogen and oxygen atoms in total. The summed E-state index contributed by atoms with van der Waals surface area (Å²) >= 11 is 6.51. The molecule has 2 atom stereocenters. The number of methoxy groups -OCH3 is 1. The largest absolute Gasteiger partial charge is 0.497 e. The predicted octanol–water partition coefficient (Wildman–Crippen LogP) is 4.09. The summed E-state index contributed by atoms with van der Waals surface area (Å²) in [6, 6.07) is 13.1. The first kappa shape index (κ1) is 17.2. The van der Waals surface area contributed by atoms with Gasteiger partial charge in [0.25, 0.3) is 5.91 Å². The van der Waals surface area contributed by atoms with Gasteiger partial charge in [0.15, 0.2) is 0 Å².